The Balaban J connectivity index is 2.68. The standard InChI is InChI=1S/C11H11ClO/c1-7(2)10-6-8-4-3-5-9(12)11(8)13-10/h3-7H,1-2H3. The van der Waals surface area contributed by atoms with Gasteiger partial charge in [0.15, 0.2) is 5.58 Å². The number of furan rings is 1. The van der Waals surface area contributed by atoms with E-state index in [-0.39, 0.29) is 0 Å². The van der Waals surface area contributed by atoms with E-state index in [0.717, 1.165) is 16.7 Å². The van der Waals surface area contributed by atoms with Gasteiger partial charge >= 0.3 is 0 Å². The molecule has 0 saturated carbocycles. The molecule has 0 aliphatic heterocycles. The third-order valence-corrected chi connectivity index (χ3v) is 2.38. The van der Waals surface area contributed by atoms with Gasteiger partial charge in [0.1, 0.15) is 5.76 Å². The number of halogens is 1. The highest BCUT2D eigenvalue weighted by atomic mass is 35.5. The predicted molar refractivity (Wildman–Crippen MR) is 55.3 cm³/mol. The topological polar surface area (TPSA) is 13.1 Å². The van der Waals surface area contributed by atoms with Gasteiger partial charge in [0.25, 0.3) is 0 Å². The van der Waals surface area contributed by atoms with Crippen molar-refractivity contribution in [3.63, 3.8) is 0 Å². The van der Waals surface area contributed by atoms with Crippen molar-refractivity contribution in [1.29, 1.82) is 0 Å². The molecule has 2 rings (SSSR count). The van der Waals surface area contributed by atoms with E-state index in [0.29, 0.717) is 10.9 Å². The minimum atomic E-state index is 0.406. The maximum absolute atomic E-state index is 5.98. The van der Waals surface area contributed by atoms with Crippen LogP contribution in [-0.2, 0) is 0 Å². The van der Waals surface area contributed by atoms with Gasteiger partial charge in [-0.2, -0.15) is 0 Å². The molecule has 0 spiro atoms. The summed E-state index contributed by atoms with van der Waals surface area (Å²) in [4.78, 5) is 0. The number of para-hydroxylation sites is 1. The second-order valence-electron chi connectivity index (χ2n) is 3.46. The monoisotopic (exact) mass is 194 g/mol. The fourth-order valence-corrected chi connectivity index (χ4v) is 1.55. The summed E-state index contributed by atoms with van der Waals surface area (Å²) in [6.45, 7) is 4.21. The maximum atomic E-state index is 5.98. The molecule has 0 unspecified atom stereocenters. The van der Waals surface area contributed by atoms with E-state index < -0.39 is 0 Å². The molecular weight excluding hydrogens is 184 g/mol. The molecule has 0 fully saturated rings. The van der Waals surface area contributed by atoms with Crippen LogP contribution in [0.15, 0.2) is 28.7 Å². The summed E-state index contributed by atoms with van der Waals surface area (Å²) < 4.78 is 5.63. The Bertz CT molecular complexity index is 429. The van der Waals surface area contributed by atoms with Gasteiger partial charge < -0.3 is 4.42 Å². The van der Waals surface area contributed by atoms with Crippen LogP contribution in [0.5, 0.6) is 0 Å². The highest BCUT2D eigenvalue weighted by molar-refractivity contribution is 6.34. The SMILES string of the molecule is CC(C)c1cc2cccc(Cl)c2o1. The van der Waals surface area contributed by atoms with Crippen LogP contribution < -0.4 is 0 Å². The third kappa shape index (κ3) is 1.44. The highest BCUT2D eigenvalue weighted by Gasteiger charge is 2.08. The van der Waals surface area contributed by atoms with Gasteiger partial charge in [-0.15, -0.1) is 0 Å². The number of rotatable bonds is 1. The largest absolute Gasteiger partial charge is 0.459 e. The lowest BCUT2D eigenvalue weighted by Crippen LogP contribution is -1.79. The zero-order valence-corrected chi connectivity index (χ0v) is 8.43. The van der Waals surface area contributed by atoms with E-state index in [1.54, 1.807) is 0 Å². The molecule has 2 heteroatoms. The van der Waals surface area contributed by atoms with E-state index >= 15 is 0 Å². The molecule has 1 nitrogen and oxygen atoms in total. The van der Waals surface area contributed by atoms with Crippen LogP contribution >= 0.6 is 11.6 Å². The molecule has 0 aliphatic rings. The first-order chi connectivity index (χ1) is 6.18. The minimum Gasteiger partial charge on any atom is -0.459 e. The van der Waals surface area contributed by atoms with Crippen molar-refractivity contribution in [2.45, 2.75) is 19.8 Å². The van der Waals surface area contributed by atoms with Crippen molar-refractivity contribution in [1.82, 2.24) is 0 Å². The molecule has 0 radical (unpaired) electrons. The van der Waals surface area contributed by atoms with Gasteiger partial charge in [0, 0.05) is 11.3 Å². The smallest absolute Gasteiger partial charge is 0.152 e. The summed E-state index contributed by atoms with van der Waals surface area (Å²) in [5, 5.41) is 1.76. The lowest BCUT2D eigenvalue weighted by Gasteiger charge is -1.96. The van der Waals surface area contributed by atoms with E-state index in [2.05, 4.69) is 13.8 Å². The summed E-state index contributed by atoms with van der Waals surface area (Å²) in [7, 11) is 0. The Kier molecular flexibility index (Phi) is 2.04. The van der Waals surface area contributed by atoms with Gasteiger partial charge in [0.2, 0.25) is 0 Å². The van der Waals surface area contributed by atoms with Gasteiger partial charge in [-0.1, -0.05) is 37.6 Å². The Morgan fingerprint density at radius 2 is 2.08 bits per heavy atom. The average Bonchev–Trinajstić information content (AvgIpc) is 2.49. The van der Waals surface area contributed by atoms with Crippen molar-refractivity contribution in [2.75, 3.05) is 0 Å². The molecule has 1 heterocycles. The lowest BCUT2D eigenvalue weighted by atomic mass is 10.1. The van der Waals surface area contributed by atoms with Gasteiger partial charge in [-0.3, -0.25) is 0 Å². The van der Waals surface area contributed by atoms with Crippen molar-refractivity contribution in [3.05, 3.63) is 35.0 Å². The average molecular weight is 195 g/mol. The lowest BCUT2D eigenvalue weighted by molar-refractivity contribution is 0.522. The first-order valence-electron chi connectivity index (χ1n) is 4.36. The summed E-state index contributed by atoms with van der Waals surface area (Å²) in [6, 6.07) is 7.84. The van der Waals surface area contributed by atoms with Crippen LogP contribution in [0.3, 0.4) is 0 Å². The summed E-state index contributed by atoms with van der Waals surface area (Å²) >= 11 is 5.98. The van der Waals surface area contributed by atoms with Gasteiger partial charge in [-0.25, -0.2) is 0 Å². The van der Waals surface area contributed by atoms with E-state index in [9.17, 15) is 0 Å². The van der Waals surface area contributed by atoms with Crippen molar-refractivity contribution in [2.24, 2.45) is 0 Å². The fourth-order valence-electron chi connectivity index (χ4n) is 1.33. The molecule has 68 valence electrons. The van der Waals surface area contributed by atoms with Crippen molar-refractivity contribution < 1.29 is 4.42 Å². The Labute approximate surface area is 82.3 Å². The van der Waals surface area contributed by atoms with E-state index in [1.807, 2.05) is 24.3 Å². The predicted octanol–water partition coefficient (Wildman–Crippen LogP) is 4.21. The first kappa shape index (κ1) is 8.64. The second kappa shape index (κ2) is 3.08. The van der Waals surface area contributed by atoms with E-state index in [1.165, 1.54) is 0 Å². The van der Waals surface area contributed by atoms with Crippen LogP contribution in [-0.4, -0.2) is 0 Å². The van der Waals surface area contributed by atoms with Crippen LogP contribution in [0.4, 0.5) is 0 Å². The molecule has 0 N–H and O–H groups in total. The fraction of sp³-hybridized carbons (Fsp3) is 0.273. The number of benzene rings is 1. The molecule has 13 heavy (non-hydrogen) atoms. The number of hydrogen-bond donors (Lipinski definition) is 0. The Hall–Kier alpha value is -0.950. The normalized spacial score (nSPS) is 11.4. The number of hydrogen-bond acceptors (Lipinski definition) is 1. The van der Waals surface area contributed by atoms with Crippen LogP contribution in [0.25, 0.3) is 11.0 Å². The number of fused-ring (bicyclic) bond motifs is 1. The molecule has 0 bridgehead atoms. The quantitative estimate of drug-likeness (QED) is 0.663. The Morgan fingerprint density at radius 1 is 1.31 bits per heavy atom. The molecule has 0 amide bonds. The first-order valence-corrected chi connectivity index (χ1v) is 4.74. The van der Waals surface area contributed by atoms with Gasteiger partial charge in [-0.05, 0) is 12.1 Å². The minimum absolute atomic E-state index is 0.406. The zero-order valence-electron chi connectivity index (χ0n) is 7.67. The van der Waals surface area contributed by atoms with Crippen LogP contribution in [0.2, 0.25) is 5.02 Å². The molecular formula is C11H11ClO. The zero-order chi connectivity index (χ0) is 9.42. The van der Waals surface area contributed by atoms with Crippen molar-refractivity contribution >= 4 is 22.6 Å². The molecule has 2 aromatic rings. The van der Waals surface area contributed by atoms with Crippen molar-refractivity contribution in [3.8, 4) is 0 Å². The summed E-state index contributed by atoms with van der Waals surface area (Å²) in [5.74, 6) is 1.39. The second-order valence-corrected chi connectivity index (χ2v) is 3.87. The molecule has 0 saturated heterocycles. The molecule has 1 aromatic carbocycles. The molecule has 0 aliphatic carbocycles. The molecule has 1 aromatic heterocycles. The Morgan fingerprint density at radius 3 is 2.69 bits per heavy atom. The maximum Gasteiger partial charge on any atom is 0.152 e. The van der Waals surface area contributed by atoms with Gasteiger partial charge in [0.05, 0.1) is 5.02 Å². The van der Waals surface area contributed by atoms with E-state index in [4.69, 9.17) is 16.0 Å². The highest BCUT2D eigenvalue weighted by Crippen LogP contribution is 2.29. The molecule has 0 atom stereocenters. The summed E-state index contributed by atoms with van der Waals surface area (Å²) in [5.41, 5.74) is 0.799. The summed E-state index contributed by atoms with van der Waals surface area (Å²) in [6.07, 6.45) is 0. The van der Waals surface area contributed by atoms with Crippen LogP contribution in [0.1, 0.15) is 25.5 Å². The van der Waals surface area contributed by atoms with Crippen LogP contribution in [0, 0.1) is 0 Å². The third-order valence-electron chi connectivity index (χ3n) is 2.08.